The van der Waals surface area contributed by atoms with Gasteiger partial charge in [0.25, 0.3) is 0 Å². The number of unbranched alkanes of at least 4 members (excludes halogenated alkanes) is 4. The average Bonchev–Trinajstić information content (AvgIpc) is 3.45. The summed E-state index contributed by atoms with van der Waals surface area (Å²) >= 11 is 1.64. The Morgan fingerprint density at radius 2 is 1.91 bits per heavy atom. The number of carbonyl (C=O) groups excluding carboxylic acids is 1. The van der Waals surface area contributed by atoms with E-state index < -0.39 is 5.97 Å². The van der Waals surface area contributed by atoms with E-state index in [1.807, 2.05) is 41.9 Å². The predicted octanol–water partition coefficient (Wildman–Crippen LogP) is 4.59. The molecule has 4 N–H and O–H groups in total. The normalized spacial score (nSPS) is 10.9. The number of amides is 1. The van der Waals surface area contributed by atoms with Gasteiger partial charge in [-0.15, -0.1) is 16.4 Å². The van der Waals surface area contributed by atoms with Crippen LogP contribution in [0.5, 0.6) is 0 Å². The zero-order valence-electron chi connectivity index (χ0n) is 18.0. The van der Waals surface area contributed by atoms with Crippen molar-refractivity contribution in [3.8, 4) is 10.4 Å². The number of thiophene rings is 1. The van der Waals surface area contributed by atoms with Gasteiger partial charge in [-0.05, 0) is 42.0 Å². The molecule has 0 aliphatic carbocycles. The fourth-order valence-corrected chi connectivity index (χ4v) is 4.08. The highest BCUT2D eigenvalue weighted by molar-refractivity contribution is 7.13. The molecule has 1 amide bonds. The Labute approximate surface area is 191 Å². The third kappa shape index (κ3) is 7.49. The summed E-state index contributed by atoms with van der Waals surface area (Å²) in [5, 5.41) is 21.8. The maximum Gasteiger partial charge on any atom is 0.303 e. The minimum Gasteiger partial charge on any atom is -0.481 e. The van der Waals surface area contributed by atoms with Gasteiger partial charge in [0.15, 0.2) is 0 Å². The number of aryl methyl sites for hydroxylation is 2. The van der Waals surface area contributed by atoms with Crippen molar-refractivity contribution in [2.45, 2.75) is 57.9 Å². The zero-order chi connectivity index (χ0) is 22.8. The van der Waals surface area contributed by atoms with Crippen LogP contribution in [0.3, 0.4) is 0 Å². The topological polar surface area (TPSA) is 123 Å². The van der Waals surface area contributed by atoms with Crippen LogP contribution in [-0.4, -0.2) is 32.0 Å². The molecule has 32 heavy (non-hydrogen) atoms. The number of nitrogens with two attached hydrogens (primary N) is 1. The molecule has 0 atom stereocenters. The minimum atomic E-state index is -0.732. The molecule has 3 aromatic rings. The van der Waals surface area contributed by atoms with Crippen molar-refractivity contribution < 1.29 is 14.7 Å². The highest BCUT2D eigenvalue weighted by Gasteiger charge is 2.10. The second kappa shape index (κ2) is 12.0. The van der Waals surface area contributed by atoms with Crippen LogP contribution in [-0.2, 0) is 22.6 Å². The molecule has 0 saturated heterocycles. The van der Waals surface area contributed by atoms with E-state index in [4.69, 9.17) is 10.8 Å². The molecular weight excluding hydrogens is 426 g/mol. The molecule has 0 radical (unpaired) electrons. The maximum atomic E-state index is 12.4. The first-order valence-corrected chi connectivity index (χ1v) is 11.7. The first-order chi connectivity index (χ1) is 15.5. The molecule has 3 rings (SSSR count). The first kappa shape index (κ1) is 23.5. The number of carboxylic acid groups (broad SMARTS) is 1. The highest BCUT2D eigenvalue weighted by atomic mass is 32.1. The molecule has 0 fully saturated rings. The fourth-order valence-electron chi connectivity index (χ4n) is 3.36. The standard InChI is InChI=1S/C23H29N5O3S/c24-19-11-9-17(21-7-6-14-32-21)15-20(19)25-22(29)12-10-18-16-28(27-26-18)13-5-3-1-2-4-8-23(30)31/h6-7,9,11,14-16H,1-5,8,10,12-13,24H2,(H,25,29)(H,30,31). The lowest BCUT2D eigenvalue weighted by Gasteiger charge is -2.09. The van der Waals surface area contributed by atoms with Crippen LogP contribution in [0.2, 0.25) is 0 Å². The molecule has 9 heteroatoms. The summed E-state index contributed by atoms with van der Waals surface area (Å²) < 4.78 is 1.80. The van der Waals surface area contributed by atoms with Crippen molar-refractivity contribution in [1.29, 1.82) is 0 Å². The quantitative estimate of drug-likeness (QED) is 0.256. The number of aliphatic carboxylic acids is 1. The lowest BCUT2D eigenvalue weighted by molar-refractivity contribution is -0.137. The molecule has 2 aromatic heterocycles. The smallest absolute Gasteiger partial charge is 0.303 e. The number of nitrogens with zero attached hydrogens (tertiary/aromatic N) is 3. The zero-order valence-corrected chi connectivity index (χ0v) is 18.8. The van der Waals surface area contributed by atoms with Gasteiger partial charge < -0.3 is 16.2 Å². The third-order valence-electron chi connectivity index (χ3n) is 5.11. The van der Waals surface area contributed by atoms with E-state index in [1.54, 1.807) is 16.0 Å². The number of benzene rings is 1. The van der Waals surface area contributed by atoms with Crippen molar-refractivity contribution in [1.82, 2.24) is 15.0 Å². The number of hydrogen-bond acceptors (Lipinski definition) is 6. The van der Waals surface area contributed by atoms with Gasteiger partial charge in [-0.1, -0.05) is 36.6 Å². The van der Waals surface area contributed by atoms with E-state index in [1.165, 1.54) is 0 Å². The van der Waals surface area contributed by atoms with E-state index in [-0.39, 0.29) is 12.3 Å². The second-order valence-electron chi connectivity index (χ2n) is 7.71. The summed E-state index contributed by atoms with van der Waals surface area (Å²) in [4.78, 5) is 24.0. The molecule has 0 bridgehead atoms. The van der Waals surface area contributed by atoms with E-state index in [0.717, 1.165) is 54.8 Å². The second-order valence-corrected chi connectivity index (χ2v) is 8.66. The molecule has 2 heterocycles. The van der Waals surface area contributed by atoms with Crippen molar-refractivity contribution in [2.75, 3.05) is 11.1 Å². The predicted molar refractivity (Wildman–Crippen MR) is 126 cm³/mol. The molecular formula is C23H29N5O3S. The summed E-state index contributed by atoms with van der Waals surface area (Å²) in [5.74, 6) is -0.847. The number of carboxylic acids is 1. The lowest BCUT2D eigenvalue weighted by Crippen LogP contribution is -2.13. The Bertz CT molecular complexity index is 1020. The van der Waals surface area contributed by atoms with Crippen LogP contribution < -0.4 is 11.1 Å². The number of anilines is 2. The van der Waals surface area contributed by atoms with Gasteiger partial charge in [0.1, 0.15) is 0 Å². The third-order valence-corrected chi connectivity index (χ3v) is 6.02. The minimum absolute atomic E-state index is 0.115. The van der Waals surface area contributed by atoms with Crippen LogP contribution in [0.4, 0.5) is 11.4 Å². The number of carbonyl (C=O) groups is 2. The molecule has 0 aliphatic rings. The summed E-state index contributed by atoms with van der Waals surface area (Å²) in [6.45, 7) is 0.768. The molecule has 1 aromatic carbocycles. The Hall–Kier alpha value is -3.20. The van der Waals surface area contributed by atoms with Crippen molar-refractivity contribution in [3.05, 3.63) is 47.6 Å². The summed E-state index contributed by atoms with van der Waals surface area (Å²) in [6, 6.07) is 9.68. The molecule has 0 aliphatic heterocycles. The largest absolute Gasteiger partial charge is 0.481 e. The van der Waals surface area contributed by atoms with Crippen LogP contribution in [0.1, 0.15) is 50.6 Å². The number of aromatic nitrogens is 3. The van der Waals surface area contributed by atoms with Crippen LogP contribution in [0, 0.1) is 0 Å². The highest BCUT2D eigenvalue weighted by Crippen LogP contribution is 2.30. The molecule has 0 unspecified atom stereocenters. The van der Waals surface area contributed by atoms with Gasteiger partial charge in [0.2, 0.25) is 5.91 Å². The molecule has 0 spiro atoms. The van der Waals surface area contributed by atoms with Crippen molar-refractivity contribution in [3.63, 3.8) is 0 Å². The van der Waals surface area contributed by atoms with Gasteiger partial charge in [-0.25, -0.2) is 0 Å². The van der Waals surface area contributed by atoms with E-state index in [9.17, 15) is 9.59 Å². The van der Waals surface area contributed by atoms with E-state index in [0.29, 0.717) is 24.2 Å². The molecule has 170 valence electrons. The summed E-state index contributed by atoms with van der Waals surface area (Å²) in [7, 11) is 0. The number of hydrogen-bond donors (Lipinski definition) is 3. The number of rotatable bonds is 13. The van der Waals surface area contributed by atoms with Gasteiger partial charge in [-0.2, -0.15) is 0 Å². The van der Waals surface area contributed by atoms with Gasteiger partial charge in [0.05, 0.1) is 17.1 Å². The Morgan fingerprint density at radius 3 is 2.69 bits per heavy atom. The molecule has 0 saturated carbocycles. The monoisotopic (exact) mass is 455 g/mol. The van der Waals surface area contributed by atoms with E-state index >= 15 is 0 Å². The van der Waals surface area contributed by atoms with Gasteiger partial charge in [0, 0.05) is 36.9 Å². The number of nitrogen functional groups attached to an aromatic ring is 1. The Balaban J connectivity index is 1.39. The average molecular weight is 456 g/mol. The van der Waals surface area contributed by atoms with Crippen LogP contribution >= 0.6 is 11.3 Å². The summed E-state index contributed by atoms with van der Waals surface area (Å²) in [6.07, 6.45) is 7.61. The number of nitrogens with one attached hydrogen (secondary N) is 1. The van der Waals surface area contributed by atoms with Crippen molar-refractivity contribution in [2.24, 2.45) is 0 Å². The SMILES string of the molecule is Nc1ccc(-c2cccs2)cc1NC(=O)CCc1cn(CCCCCCCC(=O)O)nn1. The Morgan fingerprint density at radius 1 is 1.09 bits per heavy atom. The first-order valence-electron chi connectivity index (χ1n) is 10.9. The van der Waals surface area contributed by atoms with Crippen LogP contribution in [0.25, 0.3) is 10.4 Å². The van der Waals surface area contributed by atoms with Crippen LogP contribution in [0.15, 0.2) is 41.9 Å². The van der Waals surface area contributed by atoms with Crippen molar-refractivity contribution >= 4 is 34.6 Å². The molecule has 8 nitrogen and oxygen atoms in total. The maximum absolute atomic E-state index is 12.4. The Kier molecular flexibility index (Phi) is 8.79. The van der Waals surface area contributed by atoms with E-state index in [2.05, 4.69) is 15.6 Å². The summed E-state index contributed by atoms with van der Waals surface area (Å²) in [5.41, 5.74) is 8.99. The van der Waals surface area contributed by atoms with Gasteiger partial charge >= 0.3 is 5.97 Å². The lowest BCUT2D eigenvalue weighted by atomic mass is 10.1. The van der Waals surface area contributed by atoms with Gasteiger partial charge in [-0.3, -0.25) is 14.3 Å². The fraction of sp³-hybridized carbons (Fsp3) is 0.391.